The van der Waals surface area contributed by atoms with Gasteiger partial charge in [-0.1, -0.05) is 46.2 Å². The molecule has 7 nitrogen and oxygen atoms in total. The van der Waals surface area contributed by atoms with Crippen molar-refractivity contribution in [3.63, 3.8) is 0 Å². The summed E-state index contributed by atoms with van der Waals surface area (Å²) in [7, 11) is 0. The van der Waals surface area contributed by atoms with Gasteiger partial charge in [-0.25, -0.2) is 4.79 Å². The Kier molecular flexibility index (Phi) is 8.30. The molecule has 1 aromatic rings. The molecule has 1 aromatic carbocycles. The van der Waals surface area contributed by atoms with Gasteiger partial charge in [0.2, 0.25) is 11.8 Å². The van der Waals surface area contributed by atoms with Crippen LogP contribution in [0.3, 0.4) is 0 Å². The molecule has 3 unspecified atom stereocenters. The fourth-order valence-corrected chi connectivity index (χ4v) is 6.14. The first-order valence-corrected chi connectivity index (χ1v) is 12.9. The number of anilines is 1. The summed E-state index contributed by atoms with van der Waals surface area (Å²) in [5, 5.41) is 15.2. The average molecular weight is 505 g/mol. The molecule has 3 N–H and O–H groups in total. The Balaban J connectivity index is 1.63. The van der Waals surface area contributed by atoms with Crippen LogP contribution in [-0.4, -0.2) is 40.6 Å². The summed E-state index contributed by atoms with van der Waals surface area (Å²) in [5.41, 5.74) is 0.157. The lowest BCUT2D eigenvalue weighted by Gasteiger charge is -2.37. The lowest BCUT2D eigenvalue weighted by Crippen LogP contribution is -2.48. The van der Waals surface area contributed by atoms with Gasteiger partial charge in [-0.05, 0) is 54.7 Å². The zero-order valence-electron chi connectivity index (χ0n) is 21.0. The van der Waals surface area contributed by atoms with Crippen molar-refractivity contribution >= 4 is 41.4 Å². The Hall–Kier alpha value is -2.41. The molecule has 3 rings (SSSR count). The first kappa shape index (κ1) is 27.2. The van der Waals surface area contributed by atoms with Gasteiger partial charge in [-0.3, -0.25) is 9.59 Å². The Labute approximate surface area is 212 Å². The Morgan fingerprint density at radius 1 is 1.11 bits per heavy atom. The lowest BCUT2D eigenvalue weighted by atomic mass is 9.66. The van der Waals surface area contributed by atoms with Crippen molar-refractivity contribution in [1.82, 2.24) is 5.32 Å². The molecule has 2 fully saturated rings. The van der Waals surface area contributed by atoms with Crippen molar-refractivity contribution in [2.45, 2.75) is 77.6 Å². The van der Waals surface area contributed by atoms with Crippen LogP contribution in [-0.2, 0) is 25.6 Å². The number of aliphatic carboxylic acids is 1. The topological polar surface area (TPSA) is 113 Å². The zero-order chi connectivity index (χ0) is 26.0. The van der Waals surface area contributed by atoms with Crippen LogP contribution in [0.2, 0.25) is 0 Å². The summed E-state index contributed by atoms with van der Waals surface area (Å²) in [6.45, 7) is 7.68. The molecule has 0 spiro atoms. The van der Waals surface area contributed by atoms with Gasteiger partial charge in [0.05, 0.1) is 5.92 Å². The predicted octanol–water partition coefficient (Wildman–Crippen LogP) is 4.42. The molecule has 0 aliphatic heterocycles. The van der Waals surface area contributed by atoms with Gasteiger partial charge < -0.3 is 20.5 Å². The highest BCUT2D eigenvalue weighted by Crippen LogP contribution is 2.54. The monoisotopic (exact) mass is 504 g/mol. The van der Waals surface area contributed by atoms with E-state index in [1.807, 2.05) is 27.7 Å². The maximum atomic E-state index is 13.0. The highest BCUT2D eigenvalue weighted by atomic mass is 35.5. The van der Waals surface area contributed by atoms with Gasteiger partial charge in [0, 0.05) is 28.8 Å². The fourth-order valence-electron chi connectivity index (χ4n) is 5.63. The maximum absolute atomic E-state index is 13.0. The number of hydrogen-bond acceptors (Lipinski definition) is 4. The summed E-state index contributed by atoms with van der Waals surface area (Å²) in [4.78, 5) is 49.3. The molecule has 0 saturated heterocycles. The van der Waals surface area contributed by atoms with E-state index < -0.39 is 28.8 Å². The minimum absolute atomic E-state index is 0.0953. The smallest absolute Gasteiger partial charge is 0.326 e. The molecule has 6 atom stereocenters. The number of aldehydes is 1. The van der Waals surface area contributed by atoms with Crippen LogP contribution in [0.25, 0.3) is 0 Å². The highest BCUT2D eigenvalue weighted by Gasteiger charge is 2.54. The second kappa shape index (κ2) is 10.7. The van der Waals surface area contributed by atoms with Crippen molar-refractivity contribution in [2.75, 3.05) is 5.32 Å². The van der Waals surface area contributed by atoms with E-state index >= 15 is 0 Å². The number of alkyl halides is 1. The molecule has 2 aliphatic carbocycles. The van der Waals surface area contributed by atoms with Crippen LogP contribution in [0.5, 0.6) is 0 Å². The van der Waals surface area contributed by atoms with Crippen LogP contribution >= 0.6 is 11.6 Å². The fraction of sp³-hybridized carbons (Fsp3) is 0.630. The molecular formula is C27H37ClN2O5. The number of carbonyl (C=O) groups excluding carboxylic acids is 3. The quantitative estimate of drug-likeness (QED) is 0.358. The van der Waals surface area contributed by atoms with Crippen LogP contribution in [0.1, 0.15) is 65.4 Å². The summed E-state index contributed by atoms with van der Waals surface area (Å²) in [6, 6.07) is 5.88. The number of rotatable bonds is 8. The second-order valence-corrected chi connectivity index (χ2v) is 11.6. The van der Waals surface area contributed by atoms with Gasteiger partial charge in [-0.2, -0.15) is 0 Å². The number of carboxylic acid groups (broad SMARTS) is 1. The number of amides is 2. The number of hydrogen-bond donors (Lipinski definition) is 3. The summed E-state index contributed by atoms with van der Waals surface area (Å²) >= 11 is 6.41. The van der Waals surface area contributed by atoms with E-state index in [9.17, 15) is 24.3 Å². The summed E-state index contributed by atoms with van der Waals surface area (Å²) < 4.78 is 0. The molecule has 192 valence electrons. The van der Waals surface area contributed by atoms with E-state index in [2.05, 4.69) is 10.6 Å². The zero-order valence-corrected chi connectivity index (χ0v) is 21.7. The minimum Gasteiger partial charge on any atom is -0.480 e. The normalized spacial score (nSPS) is 30.8. The van der Waals surface area contributed by atoms with Crippen molar-refractivity contribution in [3.05, 3.63) is 29.8 Å². The van der Waals surface area contributed by atoms with E-state index in [0.29, 0.717) is 18.5 Å². The second-order valence-electron chi connectivity index (χ2n) is 11.1. The molecule has 0 radical (unpaired) electrons. The van der Waals surface area contributed by atoms with Gasteiger partial charge in [0.25, 0.3) is 0 Å². The van der Waals surface area contributed by atoms with E-state index in [1.165, 1.54) is 0 Å². The maximum Gasteiger partial charge on any atom is 0.326 e. The molecule has 8 heteroatoms. The molecule has 2 amide bonds. The predicted molar refractivity (Wildman–Crippen MR) is 135 cm³/mol. The summed E-state index contributed by atoms with van der Waals surface area (Å²) in [6.07, 6.45) is 5.00. The van der Waals surface area contributed by atoms with Crippen molar-refractivity contribution in [2.24, 2.45) is 28.6 Å². The standard InChI is InChI=1S/C27H37ClN2O5/c1-16-6-5-7-20(28)22(16)24(33)29-18-10-8-17(9-11-18)14-21(25(34)35)30-23(32)19-12-13-27(4,15-31)26(19,2)3/h8-11,15-16,19-22H,5-7,12-14H2,1-4H3,(H,29,33)(H,30,32)(H,34,35)/t16?,19-,20?,21+,22?,27+/m1/s1. The highest BCUT2D eigenvalue weighted by molar-refractivity contribution is 6.22. The number of halogens is 1. The van der Waals surface area contributed by atoms with Gasteiger partial charge >= 0.3 is 5.97 Å². The van der Waals surface area contributed by atoms with Gasteiger partial charge in [0.15, 0.2) is 0 Å². The molecule has 0 heterocycles. The van der Waals surface area contributed by atoms with Gasteiger partial charge in [0.1, 0.15) is 12.3 Å². The largest absolute Gasteiger partial charge is 0.480 e. The van der Waals surface area contributed by atoms with Crippen LogP contribution in [0.4, 0.5) is 5.69 Å². The van der Waals surface area contributed by atoms with Crippen LogP contribution < -0.4 is 10.6 Å². The molecule has 2 aliphatic rings. The minimum atomic E-state index is -1.12. The van der Waals surface area contributed by atoms with E-state index in [1.54, 1.807) is 24.3 Å². The average Bonchev–Trinajstić information content (AvgIpc) is 3.03. The number of benzene rings is 1. The third kappa shape index (κ3) is 5.71. The van der Waals surface area contributed by atoms with E-state index in [4.69, 9.17) is 11.6 Å². The third-order valence-electron chi connectivity index (χ3n) is 8.59. The first-order chi connectivity index (χ1) is 16.4. The first-order valence-electron chi connectivity index (χ1n) is 12.4. The van der Waals surface area contributed by atoms with Crippen molar-refractivity contribution < 1.29 is 24.3 Å². The molecule has 2 saturated carbocycles. The Morgan fingerprint density at radius 2 is 1.77 bits per heavy atom. The van der Waals surface area contributed by atoms with Crippen molar-refractivity contribution in [1.29, 1.82) is 0 Å². The number of carbonyl (C=O) groups is 4. The lowest BCUT2D eigenvalue weighted by molar-refractivity contribution is -0.143. The Bertz CT molecular complexity index is 953. The van der Waals surface area contributed by atoms with E-state index in [0.717, 1.165) is 31.1 Å². The Morgan fingerprint density at radius 3 is 2.31 bits per heavy atom. The molecule has 35 heavy (non-hydrogen) atoms. The summed E-state index contributed by atoms with van der Waals surface area (Å²) in [5.74, 6) is -2.01. The van der Waals surface area contributed by atoms with Crippen LogP contribution in [0, 0.1) is 28.6 Å². The third-order valence-corrected chi connectivity index (χ3v) is 9.08. The number of carboxylic acids is 1. The molecule has 0 aromatic heterocycles. The van der Waals surface area contributed by atoms with Crippen LogP contribution in [0.15, 0.2) is 24.3 Å². The molecular weight excluding hydrogens is 468 g/mol. The van der Waals surface area contributed by atoms with E-state index in [-0.39, 0.29) is 35.4 Å². The SMILES string of the molecule is CC1CCCC(Cl)C1C(=O)Nc1ccc(C[C@H](NC(=O)[C@H]2CC[C@@](C)(C=O)C2(C)C)C(=O)O)cc1. The van der Waals surface area contributed by atoms with Gasteiger partial charge in [-0.15, -0.1) is 11.6 Å². The van der Waals surface area contributed by atoms with Crippen molar-refractivity contribution in [3.8, 4) is 0 Å². The molecule has 0 bridgehead atoms. The number of nitrogens with one attached hydrogen (secondary N) is 2.